The molecule has 5 heteroatoms. The number of rotatable bonds is 6. The zero-order valence-electron chi connectivity index (χ0n) is 12.9. The minimum absolute atomic E-state index is 0.0220. The topological polar surface area (TPSA) is 64.4 Å². The number of nitrogens with one attached hydrogen (secondary N) is 1. The smallest absolute Gasteiger partial charge is 0.224 e. The highest BCUT2D eigenvalue weighted by atomic mass is 16.5. The second-order valence-electron chi connectivity index (χ2n) is 5.21. The van der Waals surface area contributed by atoms with Gasteiger partial charge in [0.15, 0.2) is 11.5 Å². The van der Waals surface area contributed by atoms with Crippen LogP contribution in [0.5, 0.6) is 5.75 Å². The first-order valence-electron chi connectivity index (χ1n) is 7.53. The number of carbonyl (C=O) groups is 1. The Labute approximate surface area is 134 Å². The van der Waals surface area contributed by atoms with Crippen molar-refractivity contribution < 1.29 is 13.9 Å². The number of benzene rings is 2. The van der Waals surface area contributed by atoms with Crippen LogP contribution in [0.2, 0.25) is 0 Å². The summed E-state index contributed by atoms with van der Waals surface area (Å²) in [5.74, 6) is 1.41. The Morgan fingerprint density at radius 1 is 1.17 bits per heavy atom. The van der Waals surface area contributed by atoms with Gasteiger partial charge in [0, 0.05) is 18.5 Å². The molecule has 0 saturated heterocycles. The molecule has 0 saturated carbocycles. The fourth-order valence-corrected chi connectivity index (χ4v) is 2.32. The van der Waals surface area contributed by atoms with E-state index in [2.05, 4.69) is 10.3 Å². The summed E-state index contributed by atoms with van der Waals surface area (Å²) in [6.07, 6.45) is 1.75. The summed E-state index contributed by atoms with van der Waals surface area (Å²) in [7, 11) is 1.61. The summed E-state index contributed by atoms with van der Waals surface area (Å²) in [6.45, 7) is 0. The lowest BCUT2D eigenvalue weighted by Crippen LogP contribution is -2.11. The van der Waals surface area contributed by atoms with E-state index >= 15 is 0 Å². The van der Waals surface area contributed by atoms with Crippen molar-refractivity contribution in [1.82, 2.24) is 4.98 Å². The summed E-state index contributed by atoms with van der Waals surface area (Å²) in [5, 5.41) is 2.86. The number of aromatic nitrogens is 1. The van der Waals surface area contributed by atoms with E-state index in [1.54, 1.807) is 7.11 Å². The fraction of sp³-hybridized carbons (Fsp3) is 0.222. The molecular weight excluding hydrogens is 292 g/mol. The minimum Gasteiger partial charge on any atom is -0.497 e. The molecule has 0 spiro atoms. The zero-order valence-corrected chi connectivity index (χ0v) is 12.9. The number of anilines is 1. The Morgan fingerprint density at radius 3 is 2.70 bits per heavy atom. The first kappa shape index (κ1) is 15.1. The van der Waals surface area contributed by atoms with Gasteiger partial charge in [0.25, 0.3) is 0 Å². The molecule has 0 aliphatic rings. The maximum Gasteiger partial charge on any atom is 0.224 e. The molecule has 1 heterocycles. The third-order valence-corrected chi connectivity index (χ3v) is 3.51. The van der Waals surface area contributed by atoms with E-state index in [-0.39, 0.29) is 5.91 Å². The molecule has 1 aromatic heterocycles. The summed E-state index contributed by atoms with van der Waals surface area (Å²) >= 11 is 0. The van der Waals surface area contributed by atoms with E-state index in [1.165, 1.54) is 0 Å². The van der Waals surface area contributed by atoms with Gasteiger partial charge in [-0.25, -0.2) is 4.98 Å². The molecule has 118 valence electrons. The molecule has 5 nitrogen and oxygen atoms in total. The summed E-state index contributed by atoms with van der Waals surface area (Å²) in [6, 6.07) is 14.9. The molecular formula is C18H18N2O3. The minimum atomic E-state index is -0.0220. The molecule has 0 unspecified atom stereocenters. The van der Waals surface area contributed by atoms with Gasteiger partial charge in [-0.2, -0.15) is 0 Å². The van der Waals surface area contributed by atoms with Gasteiger partial charge < -0.3 is 14.5 Å². The third-order valence-electron chi connectivity index (χ3n) is 3.51. The Bertz CT molecular complexity index is 760. The number of aryl methyl sites for hydroxylation is 1. The highest BCUT2D eigenvalue weighted by Gasteiger charge is 2.07. The molecule has 1 N–H and O–H groups in total. The largest absolute Gasteiger partial charge is 0.497 e. The van der Waals surface area contributed by atoms with Gasteiger partial charge >= 0.3 is 0 Å². The van der Waals surface area contributed by atoms with E-state index in [1.807, 2.05) is 48.5 Å². The molecule has 3 aromatic rings. The maximum absolute atomic E-state index is 11.9. The lowest BCUT2D eigenvalue weighted by atomic mass is 10.2. The van der Waals surface area contributed by atoms with Crippen molar-refractivity contribution in [3.63, 3.8) is 0 Å². The Hall–Kier alpha value is -2.82. The number of methoxy groups -OCH3 is 1. The molecule has 23 heavy (non-hydrogen) atoms. The number of amides is 1. The number of para-hydroxylation sites is 2. The number of hydrogen-bond acceptors (Lipinski definition) is 4. The van der Waals surface area contributed by atoms with Crippen LogP contribution in [0.1, 0.15) is 18.7 Å². The lowest BCUT2D eigenvalue weighted by Gasteiger charge is -2.05. The number of nitrogens with zero attached hydrogens (tertiary/aromatic N) is 1. The maximum atomic E-state index is 11.9. The first-order chi connectivity index (χ1) is 11.2. The quantitative estimate of drug-likeness (QED) is 0.752. The summed E-state index contributed by atoms with van der Waals surface area (Å²) in [4.78, 5) is 16.3. The zero-order chi connectivity index (χ0) is 16.1. The van der Waals surface area contributed by atoms with Crippen LogP contribution in [0.3, 0.4) is 0 Å². The van der Waals surface area contributed by atoms with Gasteiger partial charge in [0.2, 0.25) is 5.91 Å². The van der Waals surface area contributed by atoms with Crippen LogP contribution < -0.4 is 10.1 Å². The average molecular weight is 310 g/mol. The van der Waals surface area contributed by atoms with Crippen LogP contribution in [0, 0.1) is 0 Å². The SMILES string of the molecule is COc1ccc(NC(=O)CCCc2nc3ccccc3o2)cc1. The van der Waals surface area contributed by atoms with Crippen molar-refractivity contribution in [2.75, 3.05) is 12.4 Å². The van der Waals surface area contributed by atoms with Crippen molar-refractivity contribution in [3.8, 4) is 5.75 Å². The van der Waals surface area contributed by atoms with Crippen molar-refractivity contribution in [2.45, 2.75) is 19.3 Å². The average Bonchev–Trinajstić information content (AvgIpc) is 2.98. The second-order valence-corrected chi connectivity index (χ2v) is 5.21. The van der Waals surface area contributed by atoms with E-state index in [4.69, 9.17) is 9.15 Å². The van der Waals surface area contributed by atoms with Gasteiger partial charge in [0.05, 0.1) is 7.11 Å². The predicted molar refractivity (Wildman–Crippen MR) is 88.6 cm³/mol. The summed E-state index contributed by atoms with van der Waals surface area (Å²) in [5.41, 5.74) is 2.40. The van der Waals surface area contributed by atoms with E-state index in [9.17, 15) is 4.79 Å². The molecule has 1 amide bonds. The Morgan fingerprint density at radius 2 is 1.96 bits per heavy atom. The normalized spacial score (nSPS) is 10.7. The highest BCUT2D eigenvalue weighted by Crippen LogP contribution is 2.17. The van der Waals surface area contributed by atoms with Crippen LogP contribution in [-0.4, -0.2) is 18.0 Å². The molecule has 2 aromatic carbocycles. The van der Waals surface area contributed by atoms with Crippen LogP contribution in [0.15, 0.2) is 52.9 Å². The monoisotopic (exact) mass is 310 g/mol. The number of carbonyl (C=O) groups excluding carboxylic acids is 1. The van der Waals surface area contributed by atoms with E-state index in [0.29, 0.717) is 25.2 Å². The van der Waals surface area contributed by atoms with Gasteiger partial charge in [-0.15, -0.1) is 0 Å². The molecule has 0 bridgehead atoms. The number of oxazole rings is 1. The van der Waals surface area contributed by atoms with Crippen LogP contribution in [-0.2, 0) is 11.2 Å². The van der Waals surface area contributed by atoms with Crippen molar-refractivity contribution in [3.05, 3.63) is 54.4 Å². The standard InChI is InChI=1S/C18H18N2O3/c1-22-14-11-9-13(10-12-14)19-17(21)7-4-8-18-20-15-5-2-3-6-16(15)23-18/h2-3,5-6,9-12H,4,7-8H2,1H3,(H,19,21). The van der Waals surface area contributed by atoms with Gasteiger partial charge in [0.1, 0.15) is 11.3 Å². The second kappa shape index (κ2) is 6.96. The Balaban J connectivity index is 1.48. The molecule has 0 fully saturated rings. The van der Waals surface area contributed by atoms with Gasteiger partial charge in [-0.3, -0.25) is 4.79 Å². The molecule has 3 rings (SSSR count). The van der Waals surface area contributed by atoms with Crippen LogP contribution >= 0.6 is 0 Å². The molecule has 0 aliphatic carbocycles. The molecule has 0 radical (unpaired) electrons. The first-order valence-corrected chi connectivity index (χ1v) is 7.53. The van der Waals surface area contributed by atoms with Gasteiger partial charge in [-0.1, -0.05) is 12.1 Å². The number of ether oxygens (including phenoxy) is 1. The van der Waals surface area contributed by atoms with Crippen molar-refractivity contribution in [2.24, 2.45) is 0 Å². The highest BCUT2D eigenvalue weighted by molar-refractivity contribution is 5.90. The predicted octanol–water partition coefficient (Wildman–Crippen LogP) is 3.80. The van der Waals surface area contributed by atoms with Crippen LogP contribution in [0.4, 0.5) is 5.69 Å². The van der Waals surface area contributed by atoms with Crippen molar-refractivity contribution >= 4 is 22.7 Å². The van der Waals surface area contributed by atoms with Crippen molar-refractivity contribution in [1.29, 1.82) is 0 Å². The third kappa shape index (κ3) is 3.88. The van der Waals surface area contributed by atoms with Crippen LogP contribution in [0.25, 0.3) is 11.1 Å². The molecule has 0 aliphatic heterocycles. The Kier molecular flexibility index (Phi) is 4.57. The summed E-state index contributed by atoms with van der Waals surface area (Å²) < 4.78 is 10.7. The number of hydrogen-bond donors (Lipinski definition) is 1. The van der Waals surface area contributed by atoms with E-state index in [0.717, 1.165) is 22.5 Å². The molecule has 0 atom stereocenters. The van der Waals surface area contributed by atoms with Gasteiger partial charge in [-0.05, 0) is 42.8 Å². The van der Waals surface area contributed by atoms with E-state index < -0.39 is 0 Å². The fourth-order valence-electron chi connectivity index (χ4n) is 2.32. The number of fused-ring (bicyclic) bond motifs is 1. The lowest BCUT2D eigenvalue weighted by molar-refractivity contribution is -0.116.